The molecule has 0 spiro atoms. The number of amides is 2. The summed E-state index contributed by atoms with van der Waals surface area (Å²) in [5.41, 5.74) is 0.598. The van der Waals surface area contributed by atoms with E-state index in [1.54, 1.807) is 37.1 Å². The number of piperidine rings is 1. The van der Waals surface area contributed by atoms with Crippen LogP contribution in [0.3, 0.4) is 0 Å². The Kier molecular flexibility index (Phi) is 6.65. The van der Waals surface area contributed by atoms with E-state index in [0.717, 1.165) is 5.56 Å². The molecule has 1 aliphatic rings. The highest BCUT2D eigenvalue weighted by Gasteiger charge is 2.52. The molecule has 10 nitrogen and oxygen atoms in total. The Morgan fingerprint density at radius 3 is 2.14 bits per heavy atom. The molecule has 2 heterocycles. The van der Waals surface area contributed by atoms with Crippen molar-refractivity contribution >= 4 is 12.0 Å². The minimum atomic E-state index is -1.73. The summed E-state index contributed by atoms with van der Waals surface area (Å²) in [7, 11) is 4.34. The smallest absolute Gasteiger partial charge is 0.344 e. The van der Waals surface area contributed by atoms with Gasteiger partial charge in [-0.25, -0.2) is 19.3 Å². The fraction of sp³-hybridized carbons (Fsp3) is 0.320. The Hall–Kier alpha value is -4.05. The predicted molar refractivity (Wildman–Crippen MR) is 127 cm³/mol. The lowest BCUT2D eigenvalue weighted by molar-refractivity contribution is -0.155. The van der Waals surface area contributed by atoms with Crippen LogP contribution in [0, 0.1) is 0 Å². The van der Waals surface area contributed by atoms with Gasteiger partial charge >= 0.3 is 12.0 Å². The molecule has 1 atom stereocenters. The van der Waals surface area contributed by atoms with Gasteiger partial charge < -0.3 is 19.5 Å². The minimum Gasteiger partial charge on any atom is -0.497 e. The van der Waals surface area contributed by atoms with Gasteiger partial charge in [0.25, 0.3) is 0 Å². The normalized spacial score (nSPS) is 17.7. The molecule has 0 radical (unpaired) electrons. The number of aromatic nitrogens is 2. The number of carboxylic acid groups (broad SMARTS) is 1. The van der Waals surface area contributed by atoms with E-state index in [-0.39, 0.29) is 18.7 Å². The maximum atomic E-state index is 12.8. The van der Waals surface area contributed by atoms with Gasteiger partial charge in [0.15, 0.2) is 5.54 Å². The fourth-order valence-electron chi connectivity index (χ4n) is 4.48. The van der Waals surface area contributed by atoms with Gasteiger partial charge in [-0.2, -0.15) is 5.10 Å². The zero-order valence-electron chi connectivity index (χ0n) is 19.8. The van der Waals surface area contributed by atoms with Gasteiger partial charge in [0, 0.05) is 19.2 Å². The minimum absolute atomic E-state index is 0.170. The number of rotatable bonds is 6. The van der Waals surface area contributed by atoms with Crippen LogP contribution in [0.5, 0.6) is 11.5 Å². The number of hydrogen-bond donors (Lipinski definition) is 2. The maximum Gasteiger partial charge on any atom is 0.344 e. The number of carbonyl (C=O) groups is 2. The highest BCUT2D eigenvalue weighted by Crippen LogP contribution is 2.40. The van der Waals surface area contributed by atoms with Crippen LogP contribution in [0.25, 0.3) is 16.9 Å². The molecule has 1 saturated heterocycles. The average molecular weight is 481 g/mol. The molecular formula is C25H28N4O6. The lowest BCUT2D eigenvalue weighted by Gasteiger charge is -2.43. The van der Waals surface area contributed by atoms with Gasteiger partial charge in [0.2, 0.25) is 0 Å². The molecule has 1 aliphatic heterocycles. The van der Waals surface area contributed by atoms with Crippen molar-refractivity contribution in [1.82, 2.24) is 19.7 Å². The number of benzene rings is 2. The number of likely N-dealkylation sites (tertiary alicyclic amines) is 1. The molecule has 3 aromatic rings. The van der Waals surface area contributed by atoms with E-state index in [0.29, 0.717) is 40.8 Å². The molecular weight excluding hydrogens is 452 g/mol. The van der Waals surface area contributed by atoms with Crippen LogP contribution in [0.15, 0.2) is 54.6 Å². The summed E-state index contributed by atoms with van der Waals surface area (Å²) in [5.74, 6) is 0.152. The first-order valence-electron chi connectivity index (χ1n) is 11.2. The predicted octanol–water partition coefficient (Wildman–Crippen LogP) is 3.76. The maximum absolute atomic E-state index is 12.8. The number of hydrogen-bond acceptors (Lipinski definition) is 6. The van der Waals surface area contributed by atoms with E-state index in [1.807, 2.05) is 36.4 Å². The summed E-state index contributed by atoms with van der Waals surface area (Å²) < 4.78 is 12.2. The Balaban J connectivity index is 1.92. The summed E-state index contributed by atoms with van der Waals surface area (Å²) in [5, 5.41) is 25.4. The van der Waals surface area contributed by atoms with Crippen LogP contribution in [-0.4, -0.2) is 69.9 Å². The number of hydroxylamine groups is 2. The van der Waals surface area contributed by atoms with E-state index in [1.165, 1.54) is 11.9 Å². The second-order valence-electron chi connectivity index (χ2n) is 8.33. The topological polar surface area (TPSA) is 117 Å². The molecule has 1 aromatic heterocycles. The number of ether oxygens (including phenoxy) is 2. The Morgan fingerprint density at radius 2 is 1.60 bits per heavy atom. The number of nitrogens with zero attached hydrogens (tertiary/aromatic N) is 4. The number of carbonyl (C=O) groups excluding carboxylic acids is 1. The first-order chi connectivity index (χ1) is 16.8. The van der Waals surface area contributed by atoms with Crippen molar-refractivity contribution in [3.8, 4) is 28.4 Å². The van der Waals surface area contributed by atoms with Crippen molar-refractivity contribution in [1.29, 1.82) is 0 Å². The highest BCUT2D eigenvalue weighted by molar-refractivity contribution is 5.87. The zero-order valence-corrected chi connectivity index (χ0v) is 19.8. The first-order valence-corrected chi connectivity index (χ1v) is 11.2. The summed E-state index contributed by atoms with van der Waals surface area (Å²) in [4.78, 5) is 26.8. The largest absolute Gasteiger partial charge is 0.497 e. The highest BCUT2D eigenvalue weighted by atomic mass is 16.5. The van der Waals surface area contributed by atoms with Crippen LogP contribution >= 0.6 is 0 Å². The number of methoxy groups -OCH3 is 2. The van der Waals surface area contributed by atoms with Crippen LogP contribution in [0.1, 0.15) is 25.0 Å². The lowest BCUT2D eigenvalue weighted by atomic mass is 9.83. The van der Waals surface area contributed by atoms with Gasteiger partial charge in [0.1, 0.15) is 17.2 Å². The summed E-state index contributed by atoms with van der Waals surface area (Å²) in [6, 6.07) is 15.5. The number of aliphatic carboxylic acids is 1. The van der Waals surface area contributed by atoms with Gasteiger partial charge in [0.05, 0.1) is 25.6 Å². The summed E-state index contributed by atoms with van der Waals surface area (Å²) in [6.45, 7) is 0.184. The molecule has 0 bridgehead atoms. The van der Waals surface area contributed by atoms with Crippen LogP contribution in [0.4, 0.5) is 4.79 Å². The molecule has 35 heavy (non-hydrogen) atoms. The molecule has 2 N–H and O–H groups in total. The van der Waals surface area contributed by atoms with Crippen molar-refractivity contribution in [3.63, 3.8) is 0 Å². The third-order valence-electron chi connectivity index (χ3n) is 6.33. The monoisotopic (exact) mass is 480 g/mol. The molecule has 184 valence electrons. The van der Waals surface area contributed by atoms with Gasteiger partial charge in [-0.3, -0.25) is 5.21 Å². The van der Waals surface area contributed by atoms with E-state index in [2.05, 4.69) is 0 Å². The molecule has 2 aromatic carbocycles. The van der Waals surface area contributed by atoms with Crippen molar-refractivity contribution < 1.29 is 29.4 Å². The summed E-state index contributed by atoms with van der Waals surface area (Å²) in [6.07, 6.45) is 1.39. The van der Waals surface area contributed by atoms with E-state index < -0.39 is 17.5 Å². The zero-order chi connectivity index (χ0) is 25.2. The van der Waals surface area contributed by atoms with Crippen molar-refractivity contribution in [2.75, 3.05) is 27.8 Å². The van der Waals surface area contributed by atoms with Gasteiger partial charge in [-0.1, -0.05) is 0 Å². The number of urea groups is 1. The van der Waals surface area contributed by atoms with E-state index >= 15 is 0 Å². The van der Waals surface area contributed by atoms with Gasteiger partial charge in [-0.15, -0.1) is 0 Å². The van der Waals surface area contributed by atoms with E-state index in [9.17, 15) is 19.9 Å². The molecule has 2 amide bonds. The van der Waals surface area contributed by atoms with Crippen molar-refractivity contribution in [3.05, 3.63) is 60.3 Å². The third kappa shape index (κ3) is 4.28. The molecule has 10 heteroatoms. The lowest BCUT2D eigenvalue weighted by Crippen LogP contribution is -2.59. The standard InChI is InChI=1S/C25H28N4O6/c1-27(33)24(32)28-15-5-4-14-25(28,23(30)31)22-16-21(17-6-10-19(34-2)11-7-17)29(26-22)18-8-12-20(35-3)13-9-18/h6-13,16,33H,4-5,14-15H2,1-3H3,(H,30,31). The van der Waals surface area contributed by atoms with Crippen molar-refractivity contribution in [2.24, 2.45) is 0 Å². The Labute approximate surface area is 202 Å². The molecule has 1 unspecified atom stereocenters. The fourth-order valence-corrected chi connectivity index (χ4v) is 4.48. The number of carboxylic acids is 1. The quantitative estimate of drug-likeness (QED) is 0.407. The van der Waals surface area contributed by atoms with Gasteiger partial charge in [-0.05, 0) is 73.9 Å². The Morgan fingerprint density at radius 1 is 1.00 bits per heavy atom. The average Bonchev–Trinajstić information content (AvgIpc) is 3.34. The second kappa shape index (κ2) is 9.67. The van der Waals surface area contributed by atoms with Crippen LogP contribution in [0.2, 0.25) is 0 Å². The molecule has 0 aliphatic carbocycles. The Bertz CT molecular complexity index is 1140. The molecule has 0 saturated carbocycles. The second-order valence-corrected chi connectivity index (χ2v) is 8.33. The van der Waals surface area contributed by atoms with Crippen LogP contribution in [-0.2, 0) is 10.3 Å². The third-order valence-corrected chi connectivity index (χ3v) is 6.33. The summed E-state index contributed by atoms with van der Waals surface area (Å²) >= 11 is 0. The van der Waals surface area contributed by atoms with Crippen molar-refractivity contribution in [2.45, 2.75) is 24.8 Å². The SMILES string of the molecule is COc1ccc(-c2cc(C3(C(=O)O)CCCCN3C(=O)N(C)O)nn2-c2ccc(OC)cc2)cc1. The first kappa shape index (κ1) is 24.1. The van der Waals surface area contributed by atoms with E-state index in [4.69, 9.17) is 14.6 Å². The molecule has 1 fully saturated rings. The molecule has 4 rings (SSSR count). The van der Waals surface area contributed by atoms with Crippen LogP contribution < -0.4 is 9.47 Å².